The van der Waals surface area contributed by atoms with E-state index in [1.165, 1.54) is 25.7 Å². The fourth-order valence-corrected chi connectivity index (χ4v) is 3.87. The number of aromatic nitrogens is 2. The molecule has 1 atom stereocenters. The molecule has 1 aliphatic rings. The molecule has 6 nitrogen and oxygen atoms in total. The van der Waals surface area contributed by atoms with Crippen molar-refractivity contribution in [2.45, 2.75) is 79.0 Å². The fraction of sp³-hybridized carbons (Fsp3) is 0.810. The van der Waals surface area contributed by atoms with Crippen LogP contribution in [0.3, 0.4) is 0 Å². The standard InChI is InChI=1S/C21H39N5O.HI/c1-5-22-21(25-15-20-23-13-14-26(20)16-17(3)4)24-12-11-19(27-6-2)18-9-7-8-10-18;/h13-14,17-19H,5-12,15-16H2,1-4H3,(H2,22,24,25);1H. The Labute approximate surface area is 188 Å². The minimum absolute atomic E-state index is 0. The van der Waals surface area contributed by atoms with E-state index in [1.54, 1.807) is 0 Å². The van der Waals surface area contributed by atoms with Gasteiger partial charge in [0.1, 0.15) is 12.4 Å². The highest BCUT2D eigenvalue weighted by Gasteiger charge is 2.25. The van der Waals surface area contributed by atoms with E-state index < -0.39 is 0 Å². The molecule has 1 saturated carbocycles. The number of rotatable bonds is 11. The third-order valence-electron chi connectivity index (χ3n) is 5.11. The molecule has 7 heteroatoms. The average molecular weight is 505 g/mol. The fourth-order valence-electron chi connectivity index (χ4n) is 3.87. The molecule has 1 unspecified atom stereocenters. The third kappa shape index (κ3) is 8.68. The topological polar surface area (TPSA) is 63.5 Å². The monoisotopic (exact) mass is 505 g/mol. The van der Waals surface area contributed by atoms with Gasteiger partial charge in [0.25, 0.3) is 0 Å². The van der Waals surface area contributed by atoms with Crippen LogP contribution in [0.25, 0.3) is 0 Å². The number of hydrogen-bond donors (Lipinski definition) is 2. The van der Waals surface area contributed by atoms with E-state index in [4.69, 9.17) is 9.73 Å². The van der Waals surface area contributed by atoms with Gasteiger partial charge >= 0.3 is 0 Å². The Balaban J connectivity index is 0.00000392. The minimum Gasteiger partial charge on any atom is -0.378 e. The van der Waals surface area contributed by atoms with Gasteiger partial charge in [-0.05, 0) is 44.9 Å². The van der Waals surface area contributed by atoms with Gasteiger partial charge in [-0.3, -0.25) is 0 Å². The molecule has 1 aromatic heterocycles. The number of imidazole rings is 1. The van der Waals surface area contributed by atoms with Crippen molar-refractivity contribution in [1.29, 1.82) is 0 Å². The zero-order valence-electron chi connectivity index (χ0n) is 18.1. The van der Waals surface area contributed by atoms with Crippen molar-refractivity contribution in [1.82, 2.24) is 20.2 Å². The lowest BCUT2D eigenvalue weighted by molar-refractivity contribution is 0.0169. The van der Waals surface area contributed by atoms with Gasteiger partial charge in [-0.25, -0.2) is 9.98 Å². The Morgan fingerprint density at radius 2 is 2.04 bits per heavy atom. The highest BCUT2D eigenvalue weighted by atomic mass is 127. The van der Waals surface area contributed by atoms with Crippen molar-refractivity contribution in [2.75, 3.05) is 19.7 Å². The van der Waals surface area contributed by atoms with Crippen LogP contribution in [0.15, 0.2) is 17.4 Å². The van der Waals surface area contributed by atoms with Crippen LogP contribution in [0, 0.1) is 11.8 Å². The summed E-state index contributed by atoms with van der Waals surface area (Å²) < 4.78 is 8.22. The predicted molar refractivity (Wildman–Crippen MR) is 127 cm³/mol. The van der Waals surface area contributed by atoms with Gasteiger partial charge < -0.3 is 19.9 Å². The van der Waals surface area contributed by atoms with Crippen LogP contribution in [0.1, 0.15) is 65.6 Å². The summed E-state index contributed by atoms with van der Waals surface area (Å²) in [5, 5.41) is 6.82. The molecule has 1 aromatic rings. The maximum atomic E-state index is 6.03. The maximum absolute atomic E-state index is 6.03. The largest absolute Gasteiger partial charge is 0.378 e. The van der Waals surface area contributed by atoms with Gasteiger partial charge in [0.2, 0.25) is 0 Å². The molecule has 0 spiro atoms. The number of ether oxygens (including phenoxy) is 1. The molecule has 0 amide bonds. The first-order valence-corrected chi connectivity index (χ1v) is 10.8. The number of guanidine groups is 1. The number of hydrogen-bond acceptors (Lipinski definition) is 3. The Morgan fingerprint density at radius 3 is 2.68 bits per heavy atom. The zero-order chi connectivity index (χ0) is 19.5. The van der Waals surface area contributed by atoms with E-state index in [2.05, 4.69) is 47.9 Å². The van der Waals surface area contributed by atoms with Crippen molar-refractivity contribution >= 4 is 29.9 Å². The van der Waals surface area contributed by atoms with Gasteiger partial charge in [0.15, 0.2) is 5.96 Å². The van der Waals surface area contributed by atoms with Gasteiger partial charge in [-0.1, -0.05) is 26.7 Å². The molecular weight excluding hydrogens is 465 g/mol. The molecular formula is C21H40IN5O. The average Bonchev–Trinajstić information content (AvgIpc) is 3.30. The first-order chi connectivity index (χ1) is 13.1. The normalized spacial score (nSPS) is 16.2. The van der Waals surface area contributed by atoms with Gasteiger partial charge in [-0.15, -0.1) is 24.0 Å². The van der Waals surface area contributed by atoms with E-state index in [-0.39, 0.29) is 24.0 Å². The van der Waals surface area contributed by atoms with E-state index in [9.17, 15) is 0 Å². The summed E-state index contributed by atoms with van der Waals surface area (Å²) in [6.45, 7) is 12.7. The zero-order valence-corrected chi connectivity index (χ0v) is 20.4. The van der Waals surface area contributed by atoms with E-state index in [0.29, 0.717) is 18.6 Å². The van der Waals surface area contributed by atoms with Crippen molar-refractivity contribution in [3.05, 3.63) is 18.2 Å². The van der Waals surface area contributed by atoms with Gasteiger partial charge in [0.05, 0.1) is 6.10 Å². The summed E-state index contributed by atoms with van der Waals surface area (Å²) in [4.78, 5) is 9.20. The first-order valence-electron chi connectivity index (χ1n) is 10.8. The van der Waals surface area contributed by atoms with E-state index in [0.717, 1.165) is 50.4 Å². The minimum atomic E-state index is 0. The summed E-state index contributed by atoms with van der Waals surface area (Å²) in [7, 11) is 0. The van der Waals surface area contributed by atoms with Gasteiger partial charge in [0, 0.05) is 38.6 Å². The molecule has 28 heavy (non-hydrogen) atoms. The van der Waals surface area contributed by atoms with Crippen LogP contribution >= 0.6 is 24.0 Å². The molecule has 1 heterocycles. The molecule has 0 aliphatic heterocycles. The first kappa shape index (κ1) is 25.2. The van der Waals surface area contributed by atoms with Crippen LogP contribution in [0.5, 0.6) is 0 Å². The molecule has 0 aromatic carbocycles. The van der Waals surface area contributed by atoms with E-state index >= 15 is 0 Å². The van der Waals surface area contributed by atoms with Crippen LogP contribution in [-0.4, -0.2) is 41.3 Å². The number of halogens is 1. The van der Waals surface area contributed by atoms with Crippen LogP contribution in [0.4, 0.5) is 0 Å². The molecule has 0 bridgehead atoms. The lowest BCUT2D eigenvalue weighted by Gasteiger charge is -2.24. The molecule has 0 radical (unpaired) electrons. The summed E-state index contributed by atoms with van der Waals surface area (Å²) in [6.07, 6.45) is 10.7. The summed E-state index contributed by atoms with van der Waals surface area (Å²) in [6, 6.07) is 0. The van der Waals surface area contributed by atoms with Crippen molar-refractivity contribution < 1.29 is 4.74 Å². The second kappa shape index (κ2) is 14.2. The highest BCUT2D eigenvalue weighted by Crippen LogP contribution is 2.30. The van der Waals surface area contributed by atoms with Crippen LogP contribution in [-0.2, 0) is 17.8 Å². The van der Waals surface area contributed by atoms with Crippen molar-refractivity contribution in [3.63, 3.8) is 0 Å². The molecule has 0 saturated heterocycles. The van der Waals surface area contributed by atoms with Crippen molar-refractivity contribution in [3.8, 4) is 0 Å². The number of nitrogens with one attached hydrogen (secondary N) is 2. The van der Waals surface area contributed by atoms with Crippen LogP contribution in [0.2, 0.25) is 0 Å². The Kier molecular flexibility index (Phi) is 12.8. The number of aliphatic imine (C=N–C) groups is 1. The quantitative estimate of drug-likeness (QED) is 0.269. The Hall–Kier alpha value is -0.830. The number of nitrogens with zero attached hydrogens (tertiary/aromatic N) is 3. The van der Waals surface area contributed by atoms with E-state index in [1.807, 2.05) is 12.4 Å². The van der Waals surface area contributed by atoms with Crippen molar-refractivity contribution in [2.24, 2.45) is 16.8 Å². The maximum Gasteiger partial charge on any atom is 0.191 e. The lowest BCUT2D eigenvalue weighted by atomic mass is 9.98. The summed E-state index contributed by atoms with van der Waals surface area (Å²) in [5.74, 6) is 3.20. The molecule has 162 valence electrons. The second-order valence-corrected chi connectivity index (χ2v) is 7.84. The molecule has 1 aliphatic carbocycles. The SMILES string of the molecule is CCNC(=NCc1nccn1CC(C)C)NCCC(OCC)C1CCCC1.I. The summed E-state index contributed by atoms with van der Waals surface area (Å²) in [5.41, 5.74) is 0. The van der Waals surface area contributed by atoms with Gasteiger partial charge in [-0.2, -0.15) is 0 Å². The molecule has 2 N–H and O–H groups in total. The van der Waals surface area contributed by atoms with Crippen LogP contribution < -0.4 is 10.6 Å². The lowest BCUT2D eigenvalue weighted by Crippen LogP contribution is -2.39. The second-order valence-electron chi connectivity index (χ2n) is 7.84. The molecule has 2 rings (SSSR count). The Morgan fingerprint density at radius 1 is 1.29 bits per heavy atom. The third-order valence-corrected chi connectivity index (χ3v) is 5.11. The highest BCUT2D eigenvalue weighted by molar-refractivity contribution is 14.0. The smallest absolute Gasteiger partial charge is 0.191 e. The molecule has 1 fully saturated rings. The Bertz CT molecular complexity index is 555. The predicted octanol–water partition coefficient (Wildman–Crippen LogP) is 4.20. The summed E-state index contributed by atoms with van der Waals surface area (Å²) >= 11 is 0.